The van der Waals surface area contributed by atoms with Gasteiger partial charge in [-0.3, -0.25) is 4.79 Å². The van der Waals surface area contributed by atoms with Gasteiger partial charge in [0, 0.05) is 17.1 Å². The molecule has 0 aromatic heterocycles. The Morgan fingerprint density at radius 1 is 1.19 bits per heavy atom. The van der Waals surface area contributed by atoms with Crippen LogP contribution in [-0.4, -0.2) is 29.0 Å². The van der Waals surface area contributed by atoms with Crippen LogP contribution in [0.1, 0.15) is 40.5 Å². The summed E-state index contributed by atoms with van der Waals surface area (Å²) in [6, 6.07) is -0.128. The normalized spacial score (nSPS) is 23.8. The van der Waals surface area contributed by atoms with E-state index < -0.39 is 11.9 Å². The molecule has 1 aliphatic rings. The van der Waals surface area contributed by atoms with Gasteiger partial charge in [0.05, 0.1) is 0 Å². The van der Waals surface area contributed by atoms with Gasteiger partial charge in [0.1, 0.15) is 5.97 Å². The van der Waals surface area contributed by atoms with Crippen LogP contribution >= 0.6 is 0 Å². The summed E-state index contributed by atoms with van der Waals surface area (Å²) in [5.74, 6) is -2.70. The molecule has 0 unspecified atom stereocenters. The van der Waals surface area contributed by atoms with E-state index in [1.807, 2.05) is 27.7 Å². The predicted octanol–water partition coefficient (Wildman–Crippen LogP) is -0.838. The molecule has 0 radical (unpaired) electrons. The summed E-state index contributed by atoms with van der Waals surface area (Å²) in [5.41, 5.74) is -0.239. The van der Waals surface area contributed by atoms with Crippen molar-refractivity contribution < 1.29 is 14.7 Å². The molecule has 0 saturated carbocycles. The second-order valence-corrected chi connectivity index (χ2v) is 5.76. The predicted molar refractivity (Wildman–Crippen MR) is 57.5 cm³/mol. The lowest BCUT2D eigenvalue weighted by atomic mass is 9.79. The number of amides is 1. The Balaban J connectivity index is 2.68. The summed E-state index contributed by atoms with van der Waals surface area (Å²) in [4.78, 5) is 21.4. The highest BCUT2D eigenvalue weighted by molar-refractivity contribution is 6.30. The van der Waals surface area contributed by atoms with Crippen molar-refractivity contribution in [2.45, 2.75) is 57.7 Å². The maximum absolute atomic E-state index is 11.0. The van der Waals surface area contributed by atoms with Crippen LogP contribution in [0.25, 0.3) is 0 Å². The van der Waals surface area contributed by atoms with E-state index in [2.05, 4.69) is 10.6 Å². The molecule has 5 nitrogen and oxygen atoms in total. The number of hydrogen-bond donors (Lipinski definition) is 2. The zero-order valence-corrected chi connectivity index (χ0v) is 10.2. The van der Waals surface area contributed by atoms with E-state index in [0.29, 0.717) is 12.8 Å². The highest BCUT2D eigenvalue weighted by atomic mass is 16.4. The molecule has 1 rings (SSSR count). The number of nitrogens with one attached hydrogen (secondary N) is 2. The van der Waals surface area contributed by atoms with Crippen LogP contribution in [0.15, 0.2) is 0 Å². The molecule has 0 aromatic rings. The lowest BCUT2D eigenvalue weighted by Gasteiger charge is -2.46. The van der Waals surface area contributed by atoms with Crippen LogP contribution in [0.2, 0.25) is 0 Å². The molecule has 2 N–H and O–H groups in total. The fourth-order valence-electron chi connectivity index (χ4n) is 2.67. The van der Waals surface area contributed by atoms with Gasteiger partial charge in [0.25, 0.3) is 5.91 Å². The van der Waals surface area contributed by atoms with Crippen LogP contribution in [0.5, 0.6) is 0 Å². The minimum Gasteiger partial charge on any atom is -0.540 e. The molecule has 16 heavy (non-hydrogen) atoms. The molecule has 0 aromatic carbocycles. The SMILES string of the molecule is CC1(C)CC(NC(=O)C(=O)[O-])CC(C)(C)N1. The molecule has 1 aliphatic heterocycles. The minimum absolute atomic E-state index is 0.119. The Morgan fingerprint density at radius 3 is 2.00 bits per heavy atom. The average molecular weight is 227 g/mol. The molecular formula is C11H19N2O3-. The summed E-state index contributed by atoms with van der Waals surface area (Å²) >= 11 is 0. The third kappa shape index (κ3) is 3.48. The highest BCUT2D eigenvalue weighted by Crippen LogP contribution is 2.28. The summed E-state index contributed by atoms with van der Waals surface area (Å²) in [7, 11) is 0. The Bertz CT molecular complexity index is 294. The molecule has 1 heterocycles. The van der Waals surface area contributed by atoms with Gasteiger partial charge in [-0.1, -0.05) is 0 Å². The topological polar surface area (TPSA) is 81.3 Å². The Labute approximate surface area is 95.6 Å². The summed E-state index contributed by atoms with van der Waals surface area (Å²) < 4.78 is 0. The number of piperidine rings is 1. The fraction of sp³-hybridized carbons (Fsp3) is 0.818. The number of carbonyl (C=O) groups excluding carboxylic acids is 2. The van der Waals surface area contributed by atoms with Gasteiger partial charge in [-0.2, -0.15) is 0 Å². The smallest absolute Gasteiger partial charge is 0.267 e. The average Bonchev–Trinajstić information content (AvgIpc) is 1.96. The first-order chi connectivity index (χ1) is 7.11. The van der Waals surface area contributed by atoms with Gasteiger partial charge in [0.2, 0.25) is 0 Å². The van der Waals surface area contributed by atoms with Crippen molar-refractivity contribution in [2.75, 3.05) is 0 Å². The van der Waals surface area contributed by atoms with Crippen LogP contribution in [0, 0.1) is 0 Å². The lowest BCUT2D eigenvalue weighted by molar-refractivity contribution is -0.300. The quantitative estimate of drug-likeness (QED) is 0.572. The Hall–Kier alpha value is -1.10. The summed E-state index contributed by atoms with van der Waals surface area (Å²) in [6.07, 6.45) is 1.41. The summed E-state index contributed by atoms with van der Waals surface area (Å²) in [5, 5.41) is 16.3. The highest BCUT2D eigenvalue weighted by Gasteiger charge is 2.38. The van der Waals surface area contributed by atoms with Crippen molar-refractivity contribution in [2.24, 2.45) is 0 Å². The van der Waals surface area contributed by atoms with Crippen molar-refractivity contribution in [3.63, 3.8) is 0 Å². The molecule has 0 spiro atoms. The maximum Gasteiger partial charge on any atom is 0.267 e. The molecular weight excluding hydrogens is 208 g/mol. The number of carbonyl (C=O) groups is 2. The van der Waals surface area contributed by atoms with Crippen LogP contribution in [-0.2, 0) is 9.59 Å². The monoisotopic (exact) mass is 227 g/mol. The fourth-order valence-corrected chi connectivity index (χ4v) is 2.67. The van der Waals surface area contributed by atoms with Gasteiger partial charge >= 0.3 is 0 Å². The van der Waals surface area contributed by atoms with Gasteiger partial charge in [-0.05, 0) is 40.5 Å². The first kappa shape index (κ1) is 13.0. The van der Waals surface area contributed by atoms with Gasteiger partial charge in [0.15, 0.2) is 0 Å². The van der Waals surface area contributed by atoms with E-state index >= 15 is 0 Å². The van der Waals surface area contributed by atoms with Gasteiger partial charge in [-0.25, -0.2) is 0 Å². The number of carboxylic acid groups (broad SMARTS) is 1. The zero-order chi connectivity index (χ0) is 12.6. The third-order valence-corrected chi connectivity index (χ3v) is 2.71. The summed E-state index contributed by atoms with van der Waals surface area (Å²) in [6.45, 7) is 8.14. The van der Waals surface area contributed by atoms with E-state index in [-0.39, 0.29) is 17.1 Å². The third-order valence-electron chi connectivity index (χ3n) is 2.71. The van der Waals surface area contributed by atoms with Crippen molar-refractivity contribution in [1.82, 2.24) is 10.6 Å². The van der Waals surface area contributed by atoms with Crippen LogP contribution in [0.3, 0.4) is 0 Å². The molecule has 0 bridgehead atoms. The minimum atomic E-state index is -1.67. The zero-order valence-electron chi connectivity index (χ0n) is 10.2. The molecule has 0 atom stereocenters. The van der Waals surface area contributed by atoms with Crippen LogP contribution < -0.4 is 15.7 Å². The van der Waals surface area contributed by atoms with E-state index in [9.17, 15) is 14.7 Å². The largest absolute Gasteiger partial charge is 0.540 e. The standard InChI is InChI=1S/C11H20N2O3/c1-10(2)5-7(6-11(3,4)13-10)12-8(14)9(15)16/h7,13H,5-6H2,1-4H3,(H,12,14)(H,15,16)/p-1. The lowest BCUT2D eigenvalue weighted by Crippen LogP contribution is -2.63. The second kappa shape index (κ2) is 4.05. The number of rotatable bonds is 1. The molecule has 1 saturated heterocycles. The molecule has 0 aliphatic carbocycles. The van der Waals surface area contributed by atoms with Gasteiger partial charge in [-0.15, -0.1) is 0 Å². The number of aliphatic carboxylic acids is 1. The second-order valence-electron chi connectivity index (χ2n) is 5.76. The van der Waals surface area contributed by atoms with E-state index in [1.165, 1.54) is 0 Å². The van der Waals surface area contributed by atoms with Crippen molar-refractivity contribution >= 4 is 11.9 Å². The van der Waals surface area contributed by atoms with E-state index in [0.717, 1.165) is 0 Å². The Morgan fingerprint density at radius 2 is 1.62 bits per heavy atom. The van der Waals surface area contributed by atoms with Crippen molar-refractivity contribution in [3.8, 4) is 0 Å². The van der Waals surface area contributed by atoms with Crippen molar-refractivity contribution in [3.05, 3.63) is 0 Å². The first-order valence-corrected chi connectivity index (χ1v) is 5.42. The molecule has 5 heteroatoms. The Kier molecular flexibility index (Phi) is 3.28. The first-order valence-electron chi connectivity index (χ1n) is 5.42. The number of carboxylic acids is 1. The molecule has 1 fully saturated rings. The van der Waals surface area contributed by atoms with E-state index in [1.54, 1.807) is 0 Å². The van der Waals surface area contributed by atoms with Crippen LogP contribution in [0.4, 0.5) is 0 Å². The van der Waals surface area contributed by atoms with Crippen molar-refractivity contribution in [1.29, 1.82) is 0 Å². The number of hydrogen-bond acceptors (Lipinski definition) is 4. The van der Waals surface area contributed by atoms with Gasteiger partial charge < -0.3 is 20.5 Å². The molecule has 1 amide bonds. The molecule has 92 valence electrons. The van der Waals surface area contributed by atoms with E-state index in [4.69, 9.17) is 0 Å². The maximum atomic E-state index is 11.0.